The first-order valence-electron chi connectivity index (χ1n) is 8.72. The Morgan fingerprint density at radius 2 is 2.15 bits per heavy atom. The quantitative estimate of drug-likeness (QED) is 0.601. The molecule has 1 amide bonds. The lowest BCUT2D eigenvalue weighted by Crippen LogP contribution is -2.41. The molecule has 2 aromatic rings. The summed E-state index contributed by atoms with van der Waals surface area (Å²) in [4.78, 5) is 31.1. The Balaban J connectivity index is 1.67. The van der Waals surface area contributed by atoms with E-state index in [1.165, 1.54) is 0 Å². The van der Waals surface area contributed by atoms with Gasteiger partial charge in [-0.2, -0.15) is 0 Å². The Bertz CT molecular complexity index is 833. The van der Waals surface area contributed by atoms with Crippen LogP contribution in [0.15, 0.2) is 48.8 Å². The van der Waals surface area contributed by atoms with Crippen molar-refractivity contribution >= 4 is 29.4 Å². The number of aryl methyl sites for hydroxylation is 1. The van der Waals surface area contributed by atoms with Gasteiger partial charge in [0.2, 0.25) is 5.91 Å². The monoisotopic (exact) mass is 368 g/mol. The van der Waals surface area contributed by atoms with Crippen molar-refractivity contribution in [2.24, 2.45) is 5.92 Å². The molecule has 1 aromatic carbocycles. The summed E-state index contributed by atoms with van der Waals surface area (Å²) < 4.78 is 0. The standard InChI is InChI=1S/C21H21ClN2O2/c1-15-12-18(22)7-8-19(15)21(26)17-5-3-11-24(14-17)20(25)9-6-16-4-2-10-23-13-16/h2,4,6-10,12-13,17H,3,5,11,14H2,1H3/b9-6+. The molecule has 0 aliphatic carbocycles. The van der Waals surface area contributed by atoms with Crippen LogP contribution in [0, 0.1) is 12.8 Å². The fourth-order valence-electron chi connectivity index (χ4n) is 3.26. The lowest BCUT2D eigenvalue weighted by molar-refractivity contribution is -0.127. The third-order valence-corrected chi connectivity index (χ3v) is 4.90. The number of rotatable bonds is 4. The van der Waals surface area contributed by atoms with Crippen LogP contribution in [0.25, 0.3) is 6.08 Å². The number of amides is 1. The molecular weight excluding hydrogens is 348 g/mol. The molecule has 2 heterocycles. The molecule has 5 heteroatoms. The van der Waals surface area contributed by atoms with Gasteiger partial charge < -0.3 is 4.90 Å². The second-order valence-electron chi connectivity index (χ2n) is 6.57. The summed E-state index contributed by atoms with van der Waals surface area (Å²) in [5.41, 5.74) is 2.45. The van der Waals surface area contributed by atoms with Crippen LogP contribution in [0.2, 0.25) is 5.02 Å². The smallest absolute Gasteiger partial charge is 0.246 e. The minimum absolute atomic E-state index is 0.0702. The van der Waals surface area contributed by atoms with Gasteiger partial charge in [0.05, 0.1) is 0 Å². The van der Waals surface area contributed by atoms with Crippen molar-refractivity contribution in [2.75, 3.05) is 13.1 Å². The third kappa shape index (κ3) is 4.38. The normalized spacial score (nSPS) is 17.5. The first-order valence-corrected chi connectivity index (χ1v) is 9.10. The van der Waals surface area contributed by atoms with Crippen LogP contribution >= 0.6 is 11.6 Å². The number of likely N-dealkylation sites (tertiary alicyclic amines) is 1. The molecule has 1 aliphatic heterocycles. The molecule has 0 radical (unpaired) electrons. The first-order chi connectivity index (χ1) is 12.5. The highest BCUT2D eigenvalue weighted by Crippen LogP contribution is 2.24. The number of hydrogen-bond acceptors (Lipinski definition) is 3. The number of hydrogen-bond donors (Lipinski definition) is 0. The summed E-state index contributed by atoms with van der Waals surface area (Å²) >= 11 is 5.98. The number of aromatic nitrogens is 1. The molecule has 1 saturated heterocycles. The summed E-state index contributed by atoms with van der Waals surface area (Å²) in [6.45, 7) is 3.03. The number of carbonyl (C=O) groups excluding carboxylic acids is 2. The molecule has 3 rings (SSSR count). The van der Waals surface area contributed by atoms with Crippen LogP contribution in [0.5, 0.6) is 0 Å². The van der Waals surface area contributed by atoms with E-state index in [4.69, 9.17) is 11.6 Å². The van der Waals surface area contributed by atoms with E-state index >= 15 is 0 Å². The van der Waals surface area contributed by atoms with Gasteiger partial charge in [-0.1, -0.05) is 17.7 Å². The Kier molecular flexibility index (Phi) is 5.84. The van der Waals surface area contributed by atoms with E-state index in [1.807, 2.05) is 19.1 Å². The highest BCUT2D eigenvalue weighted by molar-refractivity contribution is 6.30. The van der Waals surface area contributed by atoms with E-state index in [-0.39, 0.29) is 17.6 Å². The maximum absolute atomic E-state index is 12.9. The molecule has 0 bridgehead atoms. The summed E-state index contributed by atoms with van der Waals surface area (Å²) in [7, 11) is 0. The Labute approximate surface area is 158 Å². The molecule has 1 atom stereocenters. The van der Waals surface area contributed by atoms with Crippen LogP contribution in [0.3, 0.4) is 0 Å². The first kappa shape index (κ1) is 18.3. The number of benzene rings is 1. The summed E-state index contributed by atoms with van der Waals surface area (Å²) in [6, 6.07) is 9.04. The molecule has 4 nitrogen and oxygen atoms in total. The summed E-state index contributed by atoms with van der Waals surface area (Å²) in [5, 5.41) is 0.625. The number of ketones is 1. The topological polar surface area (TPSA) is 50.3 Å². The molecule has 0 spiro atoms. The molecule has 1 aromatic heterocycles. The molecule has 1 aliphatic rings. The molecule has 134 valence electrons. The zero-order valence-electron chi connectivity index (χ0n) is 14.7. The second-order valence-corrected chi connectivity index (χ2v) is 7.00. The fraction of sp³-hybridized carbons (Fsp3) is 0.286. The largest absolute Gasteiger partial charge is 0.338 e. The Morgan fingerprint density at radius 1 is 1.31 bits per heavy atom. The highest BCUT2D eigenvalue weighted by Gasteiger charge is 2.28. The minimum atomic E-state index is -0.167. The molecule has 26 heavy (non-hydrogen) atoms. The SMILES string of the molecule is Cc1cc(Cl)ccc1C(=O)C1CCCN(C(=O)/C=C/c2cccnc2)C1. The zero-order chi connectivity index (χ0) is 18.5. The van der Waals surface area contributed by atoms with Gasteiger partial charge in [0.15, 0.2) is 5.78 Å². The molecule has 1 fully saturated rings. The van der Waals surface area contributed by atoms with Crippen molar-refractivity contribution < 1.29 is 9.59 Å². The number of piperidine rings is 1. The van der Waals surface area contributed by atoms with Gasteiger partial charge in [-0.15, -0.1) is 0 Å². The lowest BCUT2D eigenvalue weighted by Gasteiger charge is -2.31. The second kappa shape index (κ2) is 8.28. The van der Waals surface area contributed by atoms with Crippen LogP contribution < -0.4 is 0 Å². The summed E-state index contributed by atoms with van der Waals surface area (Å²) in [6.07, 6.45) is 8.34. The Hall–Kier alpha value is -2.46. The van der Waals surface area contributed by atoms with Gasteiger partial charge in [0, 0.05) is 48.1 Å². The number of nitrogens with zero attached hydrogens (tertiary/aromatic N) is 2. The van der Waals surface area contributed by atoms with Crippen molar-refractivity contribution in [3.8, 4) is 0 Å². The van der Waals surface area contributed by atoms with Gasteiger partial charge in [-0.05, 0) is 61.2 Å². The number of pyridine rings is 1. The van der Waals surface area contributed by atoms with Crippen molar-refractivity contribution in [1.29, 1.82) is 0 Å². The van der Waals surface area contributed by atoms with Crippen LogP contribution in [-0.2, 0) is 4.79 Å². The van der Waals surface area contributed by atoms with Crippen molar-refractivity contribution in [1.82, 2.24) is 9.88 Å². The minimum Gasteiger partial charge on any atom is -0.338 e. The lowest BCUT2D eigenvalue weighted by atomic mass is 9.88. The van der Waals surface area contributed by atoms with Crippen molar-refractivity contribution in [2.45, 2.75) is 19.8 Å². The molecule has 0 N–H and O–H groups in total. The molecule has 1 unspecified atom stereocenters. The summed E-state index contributed by atoms with van der Waals surface area (Å²) in [5.74, 6) is -0.147. The maximum atomic E-state index is 12.9. The maximum Gasteiger partial charge on any atom is 0.246 e. The van der Waals surface area contributed by atoms with E-state index in [2.05, 4.69) is 4.98 Å². The van der Waals surface area contributed by atoms with Gasteiger partial charge in [0.1, 0.15) is 0 Å². The predicted octanol–water partition coefficient (Wildman–Crippen LogP) is 4.18. The molecular formula is C21H21ClN2O2. The Morgan fingerprint density at radius 3 is 2.88 bits per heavy atom. The number of Topliss-reactive ketones (excluding diaryl/α,β-unsaturated/α-hetero) is 1. The number of carbonyl (C=O) groups is 2. The van der Waals surface area contributed by atoms with Crippen LogP contribution in [-0.4, -0.2) is 34.7 Å². The van der Waals surface area contributed by atoms with Gasteiger partial charge in [-0.3, -0.25) is 14.6 Å². The average Bonchev–Trinajstić information content (AvgIpc) is 2.66. The van der Waals surface area contributed by atoms with E-state index in [0.29, 0.717) is 23.7 Å². The highest BCUT2D eigenvalue weighted by atomic mass is 35.5. The van der Waals surface area contributed by atoms with Crippen LogP contribution in [0.1, 0.15) is 34.3 Å². The van der Waals surface area contributed by atoms with E-state index in [9.17, 15) is 9.59 Å². The molecule has 0 saturated carbocycles. The van der Waals surface area contributed by atoms with Gasteiger partial charge in [0.25, 0.3) is 0 Å². The fourth-order valence-corrected chi connectivity index (χ4v) is 3.49. The zero-order valence-corrected chi connectivity index (χ0v) is 15.4. The number of halogens is 1. The average molecular weight is 369 g/mol. The van der Waals surface area contributed by atoms with Crippen LogP contribution in [0.4, 0.5) is 0 Å². The van der Waals surface area contributed by atoms with Gasteiger partial charge in [-0.25, -0.2) is 0 Å². The van der Waals surface area contributed by atoms with Gasteiger partial charge >= 0.3 is 0 Å². The van der Waals surface area contributed by atoms with Crippen molar-refractivity contribution in [3.05, 3.63) is 70.5 Å². The van der Waals surface area contributed by atoms with E-state index < -0.39 is 0 Å². The van der Waals surface area contributed by atoms with E-state index in [1.54, 1.807) is 47.6 Å². The van der Waals surface area contributed by atoms with Crippen molar-refractivity contribution in [3.63, 3.8) is 0 Å². The van der Waals surface area contributed by atoms with E-state index in [0.717, 1.165) is 24.0 Å². The predicted molar refractivity (Wildman–Crippen MR) is 103 cm³/mol. The third-order valence-electron chi connectivity index (χ3n) is 4.66.